The van der Waals surface area contributed by atoms with Crippen LogP contribution in [0.2, 0.25) is 4.34 Å². The normalized spacial score (nSPS) is 18.1. The molecule has 1 aliphatic rings. The van der Waals surface area contributed by atoms with Crippen LogP contribution < -0.4 is 0 Å². The maximum absolute atomic E-state index is 6.31. The van der Waals surface area contributed by atoms with Crippen molar-refractivity contribution in [2.24, 2.45) is 0 Å². The zero-order chi connectivity index (χ0) is 16.0. The van der Waals surface area contributed by atoms with Gasteiger partial charge in [0.15, 0.2) is 0 Å². The molecule has 0 saturated carbocycles. The van der Waals surface area contributed by atoms with E-state index in [1.807, 2.05) is 5.51 Å². The summed E-state index contributed by atoms with van der Waals surface area (Å²) in [6, 6.07) is 10.9. The number of fused-ring (bicyclic) bond motifs is 1. The number of aryl methyl sites for hydroxylation is 1. The highest BCUT2D eigenvalue weighted by Crippen LogP contribution is 2.43. The molecule has 0 fully saturated rings. The molecule has 0 bridgehead atoms. The standard InChI is InChI=1S/C18H17ClN2S2/c1-11-18(22-10-20-11)13-6-4-3-5-12(13)15-8-21(2)9-16-14(15)7-17(19)23-16/h3-7,10,15H,8-9H2,1-2H3. The number of hydrogen-bond donors (Lipinski definition) is 0. The van der Waals surface area contributed by atoms with E-state index in [-0.39, 0.29) is 0 Å². The van der Waals surface area contributed by atoms with Gasteiger partial charge >= 0.3 is 0 Å². The van der Waals surface area contributed by atoms with E-state index in [0.717, 1.165) is 23.1 Å². The minimum atomic E-state index is 0.366. The van der Waals surface area contributed by atoms with Crippen LogP contribution in [-0.4, -0.2) is 23.5 Å². The molecule has 1 aliphatic heterocycles. The van der Waals surface area contributed by atoms with Gasteiger partial charge in [-0.05, 0) is 36.7 Å². The summed E-state index contributed by atoms with van der Waals surface area (Å²) in [5.41, 5.74) is 7.12. The second-order valence-corrected chi connectivity index (χ2v) is 8.66. The highest BCUT2D eigenvalue weighted by molar-refractivity contribution is 7.16. The maximum Gasteiger partial charge on any atom is 0.0934 e. The van der Waals surface area contributed by atoms with E-state index in [1.54, 1.807) is 22.7 Å². The lowest BCUT2D eigenvalue weighted by Crippen LogP contribution is -2.30. The smallest absolute Gasteiger partial charge is 0.0934 e. The molecule has 23 heavy (non-hydrogen) atoms. The molecule has 2 nitrogen and oxygen atoms in total. The number of thiophene rings is 1. The van der Waals surface area contributed by atoms with Crippen LogP contribution in [0.1, 0.15) is 27.6 Å². The second-order valence-electron chi connectivity index (χ2n) is 6.03. The first-order valence-corrected chi connectivity index (χ1v) is 9.67. The number of rotatable bonds is 2. The molecule has 0 spiro atoms. The summed E-state index contributed by atoms with van der Waals surface area (Å²) in [6.45, 7) is 4.10. The average molecular weight is 361 g/mol. The third kappa shape index (κ3) is 2.74. The lowest BCUT2D eigenvalue weighted by molar-refractivity contribution is 0.299. The van der Waals surface area contributed by atoms with Gasteiger partial charge in [-0.15, -0.1) is 22.7 Å². The molecule has 0 saturated heterocycles. The van der Waals surface area contributed by atoms with Crippen molar-refractivity contribution in [1.82, 2.24) is 9.88 Å². The molecule has 0 amide bonds. The van der Waals surface area contributed by atoms with Crippen molar-refractivity contribution in [3.8, 4) is 10.4 Å². The molecular formula is C18H17ClN2S2. The summed E-state index contributed by atoms with van der Waals surface area (Å²) in [7, 11) is 2.18. The molecule has 4 rings (SSSR count). The van der Waals surface area contributed by atoms with E-state index in [9.17, 15) is 0 Å². The highest BCUT2D eigenvalue weighted by Gasteiger charge is 2.29. The fourth-order valence-corrected chi connectivity index (χ4v) is 5.66. The van der Waals surface area contributed by atoms with Crippen LogP contribution in [0, 0.1) is 6.92 Å². The first kappa shape index (κ1) is 15.3. The van der Waals surface area contributed by atoms with E-state index >= 15 is 0 Å². The zero-order valence-electron chi connectivity index (χ0n) is 13.0. The van der Waals surface area contributed by atoms with Gasteiger partial charge in [0.05, 0.1) is 20.4 Å². The Bertz CT molecular complexity index is 852. The van der Waals surface area contributed by atoms with Gasteiger partial charge in [0.25, 0.3) is 0 Å². The molecule has 118 valence electrons. The van der Waals surface area contributed by atoms with Crippen molar-refractivity contribution >= 4 is 34.3 Å². The van der Waals surface area contributed by atoms with Gasteiger partial charge in [0.2, 0.25) is 0 Å². The van der Waals surface area contributed by atoms with Crippen molar-refractivity contribution in [1.29, 1.82) is 0 Å². The number of halogens is 1. The Kier molecular flexibility index (Phi) is 4.01. The van der Waals surface area contributed by atoms with Crippen LogP contribution in [0.4, 0.5) is 0 Å². The van der Waals surface area contributed by atoms with Gasteiger partial charge in [-0.2, -0.15) is 0 Å². The third-order valence-electron chi connectivity index (χ3n) is 4.42. The van der Waals surface area contributed by atoms with Crippen molar-refractivity contribution in [2.45, 2.75) is 19.4 Å². The van der Waals surface area contributed by atoms with Gasteiger partial charge in [0.1, 0.15) is 0 Å². The Morgan fingerprint density at radius 1 is 1.26 bits per heavy atom. The molecule has 2 aromatic heterocycles. The lowest BCUT2D eigenvalue weighted by Gasteiger charge is -2.31. The van der Waals surface area contributed by atoms with Gasteiger partial charge in [-0.3, -0.25) is 0 Å². The van der Waals surface area contributed by atoms with E-state index in [2.05, 4.69) is 54.2 Å². The van der Waals surface area contributed by atoms with Crippen LogP contribution in [-0.2, 0) is 6.54 Å². The van der Waals surface area contributed by atoms with Crippen LogP contribution >= 0.6 is 34.3 Å². The van der Waals surface area contributed by atoms with Gasteiger partial charge < -0.3 is 4.90 Å². The minimum absolute atomic E-state index is 0.366. The Labute approximate surface area is 149 Å². The minimum Gasteiger partial charge on any atom is -0.300 e. The average Bonchev–Trinajstić information content (AvgIpc) is 3.11. The number of hydrogen-bond acceptors (Lipinski definition) is 4. The van der Waals surface area contributed by atoms with E-state index in [1.165, 1.54) is 26.4 Å². The monoisotopic (exact) mass is 360 g/mol. The largest absolute Gasteiger partial charge is 0.300 e. The first-order chi connectivity index (χ1) is 11.1. The SMILES string of the molecule is Cc1ncsc1-c1ccccc1C1CN(C)Cc2sc(Cl)cc21. The molecular weight excluding hydrogens is 344 g/mol. The van der Waals surface area contributed by atoms with Crippen LogP contribution in [0.3, 0.4) is 0 Å². The van der Waals surface area contributed by atoms with Gasteiger partial charge in [-0.1, -0.05) is 35.9 Å². The number of likely N-dealkylation sites (N-methyl/N-ethyl adjacent to an activating group) is 1. The third-order valence-corrected chi connectivity index (χ3v) is 6.65. The Balaban J connectivity index is 1.87. The van der Waals surface area contributed by atoms with E-state index in [4.69, 9.17) is 11.6 Å². The maximum atomic E-state index is 6.31. The number of benzene rings is 1. The number of nitrogens with zero attached hydrogens (tertiary/aromatic N) is 2. The molecule has 0 aliphatic carbocycles. The van der Waals surface area contributed by atoms with Crippen molar-refractivity contribution in [2.75, 3.05) is 13.6 Å². The molecule has 1 aromatic carbocycles. The van der Waals surface area contributed by atoms with Gasteiger partial charge in [-0.25, -0.2) is 4.98 Å². The number of aromatic nitrogens is 1. The Morgan fingerprint density at radius 3 is 2.87 bits per heavy atom. The fraction of sp³-hybridized carbons (Fsp3) is 0.278. The molecule has 3 aromatic rings. The molecule has 1 unspecified atom stereocenters. The van der Waals surface area contributed by atoms with Gasteiger partial charge in [0, 0.05) is 23.9 Å². The Morgan fingerprint density at radius 2 is 2.09 bits per heavy atom. The van der Waals surface area contributed by atoms with Crippen LogP contribution in [0.5, 0.6) is 0 Å². The summed E-state index contributed by atoms with van der Waals surface area (Å²) < 4.78 is 0.891. The van der Waals surface area contributed by atoms with Crippen molar-refractivity contribution in [3.05, 3.63) is 61.9 Å². The van der Waals surface area contributed by atoms with E-state index in [0.29, 0.717) is 5.92 Å². The van der Waals surface area contributed by atoms with Crippen molar-refractivity contribution < 1.29 is 0 Å². The summed E-state index contributed by atoms with van der Waals surface area (Å²) >= 11 is 9.74. The molecule has 5 heteroatoms. The predicted molar refractivity (Wildman–Crippen MR) is 99.8 cm³/mol. The molecule has 3 heterocycles. The Hall–Kier alpha value is -1.20. The molecule has 0 N–H and O–H groups in total. The summed E-state index contributed by atoms with van der Waals surface area (Å²) in [5.74, 6) is 0.366. The van der Waals surface area contributed by atoms with Crippen LogP contribution in [0.25, 0.3) is 10.4 Å². The second kappa shape index (κ2) is 6.02. The quantitative estimate of drug-likeness (QED) is 0.607. The summed E-state index contributed by atoms with van der Waals surface area (Å²) in [4.78, 5) is 9.48. The zero-order valence-corrected chi connectivity index (χ0v) is 15.4. The summed E-state index contributed by atoms with van der Waals surface area (Å²) in [6.07, 6.45) is 0. The number of thiazole rings is 1. The lowest BCUT2D eigenvalue weighted by atomic mass is 9.85. The molecule has 0 radical (unpaired) electrons. The van der Waals surface area contributed by atoms with E-state index < -0.39 is 0 Å². The fourth-order valence-electron chi connectivity index (χ4n) is 3.38. The topological polar surface area (TPSA) is 16.1 Å². The molecule has 1 atom stereocenters. The van der Waals surface area contributed by atoms with Crippen molar-refractivity contribution in [3.63, 3.8) is 0 Å². The highest BCUT2D eigenvalue weighted by atomic mass is 35.5. The first-order valence-electron chi connectivity index (χ1n) is 7.59. The summed E-state index contributed by atoms with van der Waals surface area (Å²) in [5, 5.41) is 0. The predicted octanol–water partition coefficient (Wildman–Crippen LogP) is 5.41. The van der Waals surface area contributed by atoms with Crippen LogP contribution in [0.15, 0.2) is 35.8 Å².